The number of benzene rings is 2. The minimum absolute atomic E-state index is 0.518. The molecule has 0 aromatic heterocycles. The van der Waals surface area contributed by atoms with Crippen molar-refractivity contribution in [3.63, 3.8) is 0 Å². The summed E-state index contributed by atoms with van der Waals surface area (Å²) in [6.07, 6.45) is 3.77. The van der Waals surface area contributed by atoms with Gasteiger partial charge in [-0.2, -0.15) is 0 Å². The van der Waals surface area contributed by atoms with E-state index in [0.29, 0.717) is 12.1 Å². The minimum Gasteiger partial charge on any atom is -0.366 e. The third-order valence-corrected chi connectivity index (χ3v) is 7.96. The van der Waals surface area contributed by atoms with Gasteiger partial charge in [0.15, 0.2) is 0 Å². The molecule has 0 amide bonds. The molecule has 2 aromatic rings. The Kier molecular flexibility index (Phi) is 6.37. The second kappa shape index (κ2) is 8.55. The van der Waals surface area contributed by atoms with Crippen molar-refractivity contribution in [2.45, 2.75) is 59.0 Å². The van der Waals surface area contributed by atoms with Gasteiger partial charge in [-0.3, -0.25) is 4.67 Å². The van der Waals surface area contributed by atoms with Crippen LogP contribution in [-0.4, -0.2) is 30.3 Å². The zero-order chi connectivity index (χ0) is 18.7. The van der Waals surface area contributed by atoms with Gasteiger partial charge >= 0.3 is 0 Å². The lowest BCUT2D eigenvalue weighted by molar-refractivity contribution is 0.549. The van der Waals surface area contributed by atoms with Crippen LogP contribution in [0.15, 0.2) is 48.5 Å². The number of hydrogen-bond acceptors (Lipinski definition) is 2. The molecule has 3 rings (SSSR count). The van der Waals surface area contributed by atoms with E-state index in [2.05, 4.69) is 92.8 Å². The van der Waals surface area contributed by atoms with E-state index < -0.39 is 8.07 Å². The van der Waals surface area contributed by atoms with Crippen LogP contribution in [0, 0.1) is 6.92 Å². The summed E-state index contributed by atoms with van der Waals surface area (Å²) in [5, 5.41) is 2.97. The maximum absolute atomic E-state index is 2.67. The number of nitrogens with zero attached hydrogens (tertiary/aromatic N) is 2. The van der Waals surface area contributed by atoms with E-state index >= 15 is 0 Å². The van der Waals surface area contributed by atoms with Crippen molar-refractivity contribution in [2.75, 3.05) is 18.5 Å². The van der Waals surface area contributed by atoms with Crippen LogP contribution >= 0.6 is 8.07 Å². The molecular formula is C23H33N2P. The smallest absolute Gasteiger partial charge is 0.0465 e. The lowest BCUT2D eigenvalue weighted by Gasteiger charge is -2.36. The molecule has 1 aliphatic rings. The molecule has 26 heavy (non-hydrogen) atoms. The Morgan fingerprint density at radius 1 is 1.04 bits per heavy atom. The summed E-state index contributed by atoms with van der Waals surface area (Å²) >= 11 is 0. The molecule has 0 saturated carbocycles. The van der Waals surface area contributed by atoms with Crippen molar-refractivity contribution in [3.8, 4) is 0 Å². The maximum Gasteiger partial charge on any atom is 0.0465 e. The van der Waals surface area contributed by atoms with Crippen LogP contribution in [0.2, 0.25) is 0 Å². The Bertz CT molecular complexity index is 705. The zero-order valence-electron chi connectivity index (χ0n) is 16.9. The van der Waals surface area contributed by atoms with E-state index in [0.717, 1.165) is 6.54 Å². The molecule has 1 saturated heterocycles. The van der Waals surface area contributed by atoms with Crippen LogP contribution in [0.25, 0.3) is 0 Å². The van der Waals surface area contributed by atoms with Crippen molar-refractivity contribution in [3.05, 3.63) is 54.1 Å². The Labute approximate surface area is 161 Å². The normalized spacial score (nSPS) is 21.4. The van der Waals surface area contributed by atoms with E-state index in [1.807, 2.05) is 0 Å². The maximum atomic E-state index is 2.67. The summed E-state index contributed by atoms with van der Waals surface area (Å²) in [7, 11) is 1.78. The Morgan fingerprint density at radius 3 is 2.31 bits per heavy atom. The SMILES string of the molecule is CCCN(C)P(c1ccccc1)c1cc(C)ccc1N1C(C)CCC1C. The lowest BCUT2D eigenvalue weighted by Crippen LogP contribution is -2.37. The Hall–Kier alpha value is -1.37. The lowest BCUT2D eigenvalue weighted by atomic mass is 10.2. The molecule has 2 aromatic carbocycles. The molecular weight excluding hydrogens is 335 g/mol. The molecule has 0 aliphatic carbocycles. The zero-order valence-corrected chi connectivity index (χ0v) is 17.8. The second-order valence-corrected chi connectivity index (χ2v) is 10.0. The fourth-order valence-corrected chi connectivity index (χ4v) is 6.83. The molecule has 2 nitrogen and oxygen atoms in total. The van der Waals surface area contributed by atoms with Gasteiger partial charge in [-0.05, 0) is 64.5 Å². The van der Waals surface area contributed by atoms with Crippen molar-refractivity contribution in [1.82, 2.24) is 4.67 Å². The van der Waals surface area contributed by atoms with E-state index in [4.69, 9.17) is 0 Å². The van der Waals surface area contributed by atoms with Crippen molar-refractivity contribution in [2.24, 2.45) is 0 Å². The standard InChI is InChI=1S/C23H33N2P/c1-6-16-24(5)26(21-10-8-7-9-11-21)23-17-18(2)12-15-22(23)25-19(3)13-14-20(25)4/h7-12,15,17,19-20H,6,13-14,16H2,1-5H3. The fraction of sp³-hybridized carbons (Fsp3) is 0.478. The highest BCUT2D eigenvalue weighted by atomic mass is 31.1. The van der Waals surface area contributed by atoms with Gasteiger partial charge in [0.1, 0.15) is 0 Å². The highest BCUT2D eigenvalue weighted by Crippen LogP contribution is 2.42. The number of rotatable bonds is 6. The molecule has 1 aliphatic heterocycles. The van der Waals surface area contributed by atoms with Crippen LogP contribution < -0.4 is 15.5 Å². The topological polar surface area (TPSA) is 6.48 Å². The molecule has 1 fully saturated rings. The third-order valence-electron chi connectivity index (χ3n) is 5.48. The van der Waals surface area contributed by atoms with Gasteiger partial charge in [-0.15, -0.1) is 0 Å². The first-order valence-electron chi connectivity index (χ1n) is 9.98. The number of anilines is 1. The Morgan fingerprint density at radius 2 is 1.69 bits per heavy atom. The van der Waals surface area contributed by atoms with Crippen LogP contribution in [0.5, 0.6) is 0 Å². The molecule has 0 N–H and O–H groups in total. The molecule has 0 bridgehead atoms. The quantitative estimate of drug-likeness (QED) is 0.658. The summed E-state index contributed by atoms with van der Waals surface area (Å²) in [5.74, 6) is 0. The van der Waals surface area contributed by atoms with Crippen molar-refractivity contribution in [1.29, 1.82) is 0 Å². The van der Waals surface area contributed by atoms with Gasteiger partial charge in [0.05, 0.1) is 0 Å². The van der Waals surface area contributed by atoms with E-state index in [1.165, 1.54) is 41.1 Å². The monoisotopic (exact) mass is 368 g/mol. The van der Waals surface area contributed by atoms with Gasteiger partial charge in [0.2, 0.25) is 0 Å². The number of aryl methyl sites for hydroxylation is 1. The predicted octanol–water partition coefficient (Wildman–Crippen LogP) is 5.06. The number of hydrogen-bond donors (Lipinski definition) is 0. The average Bonchev–Trinajstić information content (AvgIpc) is 2.95. The average molecular weight is 369 g/mol. The van der Waals surface area contributed by atoms with Gasteiger partial charge in [0, 0.05) is 37.7 Å². The molecule has 140 valence electrons. The second-order valence-electron chi connectivity index (χ2n) is 7.70. The van der Waals surface area contributed by atoms with Crippen LogP contribution in [0.3, 0.4) is 0 Å². The fourth-order valence-electron chi connectivity index (χ4n) is 4.20. The van der Waals surface area contributed by atoms with E-state index in [9.17, 15) is 0 Å². The predicted molar refractivity (Wildman–Crippen MR) is 117 cm³/mol. The highest BCUT2D eigenvalue weighted by molar-refractivity contribution is 7.71. The first kappa shape index (κ1) is 19.4. The summed E-state index contributed by atoms with van der Waals surface area (Å²) in [4.78, 5) is 2.67. The molecule has 3 heteroatoms. The van der Waals surface area contributed by atoms with E-state index in [-0.39, 0.29) is 0 Å². The summed E-state index contributed by atoms with van der Waals surface area (Å²) in [5.41, 5.74) is 2.81. The molecule has 1 heterocycles. The van der Waals surface area contributed by atoms with Crippen molar-refractivity contribution < 1.29 is 0 Å². The minimum atomic E-state index is -0.518. The van der Waals surface area contributed by atoms with Gasteiger partial charge < -0.3 is 4.90 Å². The summed E-state index contributed by atoms with van der Waals surface area (Å²) < 4.78 is 2.58. The van der Waals surface area contributed by atoms with Gasteiger partial charge in [-0.25, -0.2) is 0 Å². The van der Waals surface area contributed by atoms with Crippen LogP contribution in [0.4, 0.5) is 5.69 Å². The van der Waals surface area contributed by atoms with Crippen molar-refractivity contribution >= 4 is 24.4 Å². The van der Waals surface area contributed by atoms with Crippen LogP contribution in [0.1, 0.15) is 45.6 Å². The largest absolute Gasteiger partial charge is 0.366 e. The third kappa shape index (κ3) is 3.97. The first-order valence-corrected chi connectivity index (χ1v) is 11.3. The molecule has 3 unspecified atom stereocenters. The molecule has 3 atom stereocenters. The highest BCUT2D eigenvalue weighted by Gasteiger charge is 2.31. The first-order chi connectivity index (χ1) is 12.5. The van der Waals surface area contributed by atoms with E-state index in [1.54, 1.807) is 0 Å². The molecule has 0 spiro atoms. The van der Waals surface area contributed by atoms with Gasteiger partial charge in [0.25, 0.3) is 0 Å². The Balaban J connectivity index is 2.13. The van der Waals surface area contributed by atoms with Crippen LogP contribution in [-0.2, 0) is 0 Å². The summed E-state index contributed by atoms with van der Waals surface area (Å²) in [6, 6.07) is 19.4. The summed E-state index contributed by atoms with van der Waals surface area (Å²) in [6.45, 7) is 10.4. The van der Waals surface area contributed by atoms with Gasteiger partial charge in [-0.1, -0.05) is 48.9 Å². The molecule has 0 radical (unpaired) electrons.